The average molecular weight is 233 g/mol. The van der Waals surface area contributed by atoms with Crippen molar-refractivity contribution in [2.24, 2.45) is 0 Å². The number of aromatic nitrogens is 1. The van der Waals surface area contributed by atoms with Crippen LogP contribution in [0.1, 0.15) is 13.3 Å². The fourth-order valence-corrected chi connectivity index (χ4v) is 1.97. The average Bonchev–Trinajstić information content (AvgIpc) is 2.51. The van der Waals surface area contributed by atoms with Crippen molar-refractivity contribution in [3.8, 4) is 0 Å². The summed E-state index contributed by atoms with van der Waals surface area (Å²) in [5, 5.41) is 4.90. The second-order valence-electron chi connectivity index (χ2n) is 3.09. The summed E-state index contributed by atoms with van der Waals surface area (Å²) in [7, 11) is -0.745. The van der Waals surface area contributed by atoms with E-state index in [-0.39, 0.29) is 5.25 Å². The molecule has 1 heterocycles. The summed E-state index contributed by atoms with van der Waals surface area (Å²) in [6.45, 7) is 2.77. The highest BCUT2D eigenvalue weighted by Crippen LogP contribution is 2.19. The summed E-state index contributed by atoms with van der Waals surface area (Å²) >= 11 is 1.43. The summed E-state index contributed by atoms with van der Waals surface area (Å²) in [4.78, 5) is 4.06. The number of nitrogens with two attached hydrogens (primary N) is 1. The van der Waals surface area contributed by atoms with Crippen molar-refractivity contribution in [1.29, 1.82) is 0 Å². The minimum absolute atomic E-state index is 0.222. The van der Waals surface area contributed by atoms with Crippen LogP contribution >= 0.6 is 11.3 Å². The van der Waals surface area contributed by atoms with Crippen LogP contribution in [-0.4, -0.2) is 27.2 Å². The molecule has 0 fully saturated rings. The van der Waals surface area contributed by atoms with Crippen LogP contribution in [0.2, 0.25) is 0 Å². The third-order valence-corrected chi connectivity index (χ3v) is 4.07. The van der Waals surface area contributed by atoms with E-state index in [1.54, 1.807) is 12.5 Å². The first-order valence-corrected chi connectivity index (χ1v) is 6.80. The normalized spacial score (nSPS) is 15.0. The van der Waals surface area contributed by atoms with Crippen LogP contribution in [0.4, 0.5) is 10.1 Å². The van der Waals surface area contributed by atoms with Crippen molar-refractivity contribution >= 4 is 32.3 Å². The fourth-order valence-electron chi connectivity index (χ4n) is 0.917. The molecule has 6 heteroatoms. The first kappa shape index (κ1) is 11.5. The smallest absolute Gasteiger partial charge is 0.184 e. The van der Waals surface area contributed by atoms with E-state index >= 15 is 0 Å². The van der Waals surface area contributed by atoms with Gasteiger partial charge in [0.1, 0.15) is 5.00 Å². The quantitative estimate of drug-likeness (QED) is 0.804. The van der Waals surface area contributed by atoms with Gasteiger partial charge in [-0.2, -0.15) is 0 Å². The largest absolute Gasteiger partial charge is 0.389 e. The molecule has 14 heavy (non-hydrogen) atoms. The van der Waals surface area contributed by atoms with Crippen molar-refractivity contribution < 1.29 is 4.21 Å². The highest BCUT2D eigenvalue weighted by molar-refractivity contribution is 7.84. The molecule has 1 aromatic rings. The molecule has 0 radical (unpaired) electrons. The van der Waals surface area contributed by atoms with Crippen molar-refractivity contribution in [2.75, 3.05) is 23.9 Å². The summed E-state index contributed by atoms with van der Waals surface area (Å²) < 4.78 is 11.0. The number of thiazole rings is 1. The Balaban J connectivity index is 2.25. The number of nitrogen functional groups attached to an aromatic ring is 1. The molecule has 2 atom stereocenters. The first-order chi connectivity index (χ1) is 6.59. The van der Waals surface area contributed by atoms with Crippen LogP contribution < -0.4 is 11.1 Å². The molecule has 0 amide bonds. The zero-order valence-electron chi connectivity index (χ0n) is 8.32. The summed E-state index contributed by atoms with van der Waals surface area (Å²) in [5.74, 6) is 0. The van der Waals surface area contributed by atoms with Crippen LogP contribution in [0.15, 0.2) is 6.20 Å². The van der Waals surface area contributed by atoms with Gasteiger partial charge in [0, 0.05) is 28.9 Å². The molecule has 0 aliphatic rings. The lowest BCUT2D eigenvalue weighted by Crippen LogP contribution is -2.14. The van der Waals surface area contributed by atoms with Gasteiger partial charge in [0.2, 0.25) is 0 Å². The number of nitrogens with zero attached hydrogens (tertiary/aromatic N) is 1. The first-order valence-electron chi connectivity index (χ1n) is 4.37. The second kappa shape index (κ2) is 5.31. The number of rotatable bonds is 5. The van der Waals surface area contributed by atoms with E-state index in [1.165, 1.54) is 11.3 Å². The predicted octanol–water partition coefficient (Wildman–Crippen LogP) is 1.29. The number of hydrogen-bond acceptors (Lipinski definition) is 5. The second-order valence-corrected chi connectivity index (χ2v) is 5.96. The van der Waals surface area contributed by atoms with Gasteiger partial charge in [-0.15, -0.1) is 0 Å². The molecule has 4 nitrogen and oxygen atoms in total. The lowest BCUT2D eigenvalue weighted by atomic mass is 10.3. The van der Waals surface area contributed by atoms with Gasteiger partial charge in [0.25, 0.3) is 0 Å². The monoisotopic (exact) mass is 233 g/mol. The fraction of sp³-hybridized carbons (Fsp3) is 0.625. The lowest BCUT2D eigenvalue weighted by molar-refractivity contribution is 0.672. The number of anilines is 2. The van der Waals surface area contributed by atoms with Gasteiger partial charge in [-0.05, 0) is 6.42 Å². The molecule has 0 saturated carbocycles. The van der Waals surface area contributed by atoms with Gasteiger partial charge in [-0.25, -0.2) is 4.98 Å². The predicted molar refractivity (Wildman–Crippen MR) is 63.2 cm³/mol. The maximum atomic E-state index is 11.0. The topological polar surface area (TPSA) is 68.0 Å². The van der Waals surface area contributed by atoms with E-state index in [0.717, 1.165) is 18.1 Å². The Bertz CT molecular complexity index is 313. The zero-order valence-corrected chi connectivity index (χ0v) is 9.95. The van der Waals surface area contributed by atoms with Gasteiger partial charge >= 0.3 is 0 Å². The summed E-state index contributed by atoms with van der Waals surface area (Å²) in [6.07, 6.45) is 4.24. The molecule has 0 aliphatic heterocycles. The van der Waals surface area contributed by atoms with E-state index in [0.29, 0.717) is 5.00 Å². The van der Waals surface area contributed by atoms with Crippen molar-refractivity contribution in [3.63, 3.8) is 0 Å². The van der Waals surface area contributed by atoms with Gasteiger partial charge < -0.3 is 11.1 Å². The standard InChI is InChI=1S/C8H15N3OS2/c1-6(14(2)12)3-4-10-8-11-5-7(9)13-8/h5-6H,3-4,9H2,1-2H3,(H,10,11). The molecule has 0 spiro atoms. The maximum absolute atomic E-state index is 11.0. The van der Waals surface area contributed by atoms with Crippen molar-refractivity contribution in [1.82, 2.24) is 4.98 Å². The Morgan fingerprint density at radius 1 is 1.79 bits per heavy atom. The molecule has 80 valence electrons. The van der Waals surface area contributed by atoms with Crippen molar-refractivity contribution in [3.05, 3.63) is 6.20 Å². The summed E-state index contributed by atoms with van der Waals surface area (Å²) in [5.41, 5.74) is 5.53. The highest BCUT2D eigenvalue weighted by Gasteiger charge is 2.05. The molecule has 0 aliphatic carbocycles. The third-order valence-electron chi connectivity index (χ3n) is 1.92. The van der Waals surface area contributed by atoms with Crippen LogP contribution in [0.3, 0.4) is 0 Å². The van der Waals surface area contributed by atoms with Gasteiger partial charge in [-0.3, -0.25) is 4.21 Å². The van der Waals surface area contributed by atoms with E-state index in [2.05, 4.69) is 10.3 Å². The Hall–Kier alpha value is -0.620. The van der Waals surface area contributed by atoms with E-state index < -0.39 is 10.8 Å². The molecular weight excluding hydrogens is 218 g/mol. The Morgan fingerprint density at radius 2 is 2.50 bits per heavy atom. The van der Waals surface area contributed by atoms with Gasteiger partial charge in [0.05, 0.1) is 6.20 Å². The van der Waals surface area contributed by atoms with E-state index in [4.69, 9.17) is 5.73 Å². The molecule has 1 aromatic heterocycles. The minimum Gasteiger partial charge on any atom is -0.389 e. The number of hydrogen-bond donors (Lipinski definition) is 2. The van der Waals surface area contributed by atoms with E-state index in [9.17, 15) is 4.21 Å². The van der Waals surface area contributed by atoms with Crippen LogP contribution in [0, 0.1) is 0 Å². The lowest BCUT2D eigenvalue weighted by Gasteiger charge is -2.07. The van der Waals surface area contributed by atoms with Crippen molar-refractivity contribution in [2.45, 2.75) is 18.6 Å². The maximum Gasteiger partial charge on any atom is 0.184 e. The van der Waals surface area contributed by atoms with Gasteiger partial charge in [0.15, 0.2) is 5.13 Å². The number of nitrogens with one attached hydrogen (secondary N) is 1. The van der Waals surface area contributed by atoms with Crippen LogP contribution in [0.5, 0.6) is 0 Å². The Morgan fingerprint density at radius 3 is 3.00 bits per heavy atom. The molecule has 2 unspecified atom stereocenters. The van der Waals surface area contributed by atoms with Crippen LogP contribution in [-0.2, 0) is 10.8 Å². The Kier molecular flexibility index (Phi) is 4.34. The SMILES string of the molecule is CC(CCNc1ncc(N)s1)S(C)=O. The zero-order chi connectivity index (χ0) is 10.6. The molecule has 0 bridgehead atoms. The molecule has 0 aromatic carbocycles. The molecule has 3 N–H and O–H groups in total. The van der Waals surface area contributed by atoms with Gasteiger partial charge in [-0.1, -0.05) is 18.3 Å². The Labute approximate surface area is 90.4 Å². The minimum atomic E-state index is -0.745. The third kappa shape index (κ3) is 3.63. The van der Waals surface area contributed by atoms with E-state index in [1.807, 2.05) is 6.92 Å². The molecule has 0 saturated heterocycles. The summed E-state index contributed by atoms with van der Waals surface area (Å²) in [6, 6.07) is 0. The molecule has 1 rings (SSSR count). The van der Waals surface area contributed by atoms with Crippen LogP contribution in [0.25, 0.3) is 0 Å². The highest BCUT2D eigenvalue weighted by atomic mass is 32.2. The molecular formula is C8H15N3OS2.